The van der Waals surface area contributed by atoms with E-state index in [1.807, 2.05) is 0 Å². The summed E-state index contributed by atoms with van der Waals surface area (Å²) in [6, 6.07) is 0. The Morgan fingerprint density at radius 3 is 1.55 bits per heavy atom. The van der Waals surface area contributed by atoms with Gasteiger partial charge in [-0.3, -0.25) is 9.69 Å². The quantitative estimate of drug-likeness (QED) is 0.168. The van der Waals surface area contributed by atoms with Crippen LogP contribution in [-0.4, -0.2) is 35.6 Å². The molecule has 1 N–H and O–H groups in total. The lowest BCUT2D eigenvalue weighted by molar-refractivity contribution is -0.138. The van der Waals surface area contributed by atoms with Gasteiger partial charge in [-0.25, -0.2) is 0 Å². The summed E-state index contributed by atoms with van der Waals surface area (Å²) in [7, 11) is 0. The molecule has 29 heavy (non-hydrogen) atoms. The van der Waals surface area contributed by atoms with E-state index in [-0.39, 0.29) is 6.54 Å². The highest BCUT2D eigenvalue weighted by atomic mass is 16.4. The van der Waals surface area contributed by atoms with Crippen LogP contribution in [0.15, 0.2) is 24.3 Å². The smallest absolute Gasteiger partial charge is 0.317 e. The van der Waals surface area contributed by atoms with Gasteiger partial charge in [0.1, 0.15) is 0 Å². The van der Waals surface area contributed by atoms with Crippen LogP contribution in [0.2, 0.25) is 0 Å². The standard InChI is InChI=1S/C26H49NO2/c1-5-9-11-13-15-17-19-24(7-3)21-27(23-26(28)29)22-25(8-4)20-18-16-14-12-10-6-2/h15-18,24-25H,5-14,19-23H2,1-4H3,(H,28,29)/b17-15+,18-16+. The molecule has 0 amide bonds. The molecule has 2 unspecified atom stereocenters. The molecule has 170 valence electrons. The Kier molecular flexibility index (Phi) is 19.4. The van der Waals surface area contributed by atoms with Crippen molar-refractivity contribution >= 4 is 5.97 Å². The zero-order valence-electron chi connectivity index (χ0n) is 19.9. The summed E-state index contributed by atoms with van der Waals surface area (Å²) >= 11 is 0. The Bertz CT molecular complexity index is 398. The molecule has 0 radical (unpaired) electrons. The Hall–Kier alpha value is -1.09. The van der Waals surface area contributed by atoms with Crippen molar-refractivity contribution in [1.29, 1.82) is 0 Å². The number of allylic oxidation sites excluding steroid dienone is 4. The Balaban J connectivity index is 4.55. The lowest BCUT2D eigenvalue weighted by Crippen LogP contribution is -2.37. The molecule has 3 heteroatoms. The first-order chi connectivity index (χ1) is 14.1. The number of carbonyl (C=O) groups is 1. The van der Waals surface area contributed by atoms with Crippen LogP contribution in [0.3, 0.4) is 0 Å². The molecule has 0 aromatic rings. The average molecular weight is 408 g/mol. The van der Waals surface area contributed by atoms with E-state index in [2.05, 4.69) is 56.9 Å². The monoisotopic (exact) mass is 407 g/mol. The molecule has 0 saturated carbocycles. The van der Waals surface area contributed by atoms with Crippen molar-refractivity contribution in [3.05, 3.63) is 24.3 Å². The van der Waals surface area contributed by atoms with E-state index in [1.165, 1.54) is 51.4 Å². The van der Waals surface area contributed by atoms with Crippen molar-refractivity contribution in [2.45, 2.75) is 105 Å². The van der Waals surface area contributed by atoms with E-state index in [1.54, 1.807) is 0 Å². The first kappa shape index (κ1) is 27.9. The molecule has 0 aliphatic carbocycles. The Labute approximate surface area is 181 Å². The number of carboxylic acids is 1. The molecule has 0 aliphatic rings. The van der Waals surface area contributed by atoms with Crippen molar-refractivity contribution < 1.29 is 9.90 Å². The van der Waals surface area contributed by atoms with Crippen LogP contribution in [-0.2, 0) is 4.79 Å². The molecular weight excluding hydrogens is 358 g/mol. The number of aliphatic carboxylic acids is 1. The van der Waals surface area contributed by atoms with Gasteiger partial charge in [-0.15, -0.1) is 0 Å². The summed E-state index contributed by atoms with van der Waals surface area (Å²) in [5, 5.41) is 9.38. The van der Waals surface area contributed by atoms with E-state index >= 15 is 0 Å². The lowest BCUT2D eigenvalue weighted by atomic mass is 9.97. The van der Waals surface area contributed by atoms with Crippen LogP contribution >= 0.6 is 0 Å². The minimum Gasteiger partial charge on any atom is -0.480 e. The SMILES string of the molecule is CCCCC/C=C/CC(CC)CN(CC(=O)O)CC(CC)C/C=C/CCCCC. The second kappa shape index (κ2) is 20.2. The van der Waals surface area contributed by atoms with Crippen molar-refractivity contribution in [3.63, 3.8) is 0 Å². The first-order valence-electron chi connectivity index (χ1n) is 12.3. The topological polar surface area (TPSA) is 40.5 Å². The Morgan fingerprint density at radius 2 is 1.21 bits per heavy atom. The molecule has 0 aromatic carbocycles. The fourth-order valence-electron chi connectivity index (χ4n) is 3.70. The van der Waals surface area contributed by atoms with E-state index < -0.39 is 5.97 Å². The van der Waals surface area contributed by atoms with Gasteiger partial charge < -0.3 is 5.11 Å². The highest BCUT2D eigenvalue weighted by Gasteiger charge is 2.18. The molecule has 2 atom stereocenters. The zero-order valence-corrected chi connectivity index (χ0v) is 19.9. The molecule has 0 heterocycles. The number of carboxylic acid groups (broad SMARTS) is 1. The third-order valence-corrected chi connectivity index (χ3v) is 5.77. The summed E-state index contributed by atoms with van der Waals surface area (Å²) in [5.41, 5.74) is 0. The van der Waals surface area contributed by atoms with Gasteiger partial charge >= 0.3 is 5.97 Å². The molecule has 0 saturated heterocycles. The molecule has 0 aromatic heterocycles. The number of nitrogens with zero attached hydrogens (tertiary/aromatic N) is 1. The summed E-state index contributed by atoms with van der Waals surface area (Å²) in [4.78, 5) is 13.6. The summed E-state index contributed by atoms with van der Waals surface area (Å²) in [6.07, 6.45) is 23.6. The third kappa shape index (κ3) is 17.5. The van der Waals surface area contributed by atoms with E-state index in [4.69, 9.17) is 0 Å². The van der Waals surface area contributed by atoms with Gasteiger partial charge in [0.25, 0.3) is 0 Å². The van der Waals surface area contributed by atoms with Crippen LogP contribution in [0, 0.1) is 11.8 Å². The third-order valence-electron chi connectivity index (χ3n) is 5.77. The lowest BCUT2D eigenvalue weighted by Gasteiger charge is -2.28. The van der Waals surface area contributed by atoms with Crippen molar-refractivity contribution in [2.24, 2.45) is 11.8 Å². The molecule has 0 aliphatic heterocycles. The highest BCUT2D eigenvalue weighted by molar-refractivity contribution is 5.69. The van der Waals surface area contributed by atoms with Gasteiger partial charge in [-0.05, 0) is 50.4 Å². The van der Waals surface area contributed by atoms with E-state index in [0.29, 0.717) is 11.8 Å². The van der Waals surface area contributed by atoms with Crippen molar-refractivity contribution in [1.82, 2.24) is 4.90 Å². The summed E-state index contributed by atoms with van der Waals surface area (Å²) in [6.45, 7) is 10.9. The van der Waals surface area contributed by atoms with Gasteiger partial charge in [0, 0.05) is 13.1 Å². The first-order valence-corrected chi connectivity index (χ1v) is 12.3. The maximum absolute atomic E-state index is 11.4. The molecular formula is C26H49NO2. The zero-order chi connectivity index (χ0) is 21.7. The van der Waals surface area contributed by atoms with Gasteiger partial charge in [0.15, 0.2) is 0 Å². The molecule has 0 rings (SSSR count). The van der Waals surface area contributed by atoms with Crippen LogP contribution in [0.25, 0.3) is 0 Å². The van der Waals surface area contributed by atoms with E-state index in [0.717, 1.165) is 38.8 Å². The predicted octanol–water partition coefficient (Wildman–Crippen LogP) is 7.48. The minimum absolute atomic E-state index is 0.160. The second-order valence-corrected chi connectivity index (χ2v) is 8.54. The summed E-state index contributed by atoms with van der Waals surface area (Å²) in [5.74, 6) is 0.373. The number of hydrogen-bond acceptors (Lipinski definition) is 2. The highest BCUT2D eigenvalue weighted by Crippen LogP contribution is 2.17. The van der Waals surface area contributed by atoms with Gasteiger partial charge in [0.05, 0.1) is 6.54 Å². The van der Waals surface area contributed by atoms with Crippen molar-refractivity contribution in [3.8, 4) is 0 Å². The second-order valence-electron chi connectivity index (χ2n) is 8.54. The van der Waals surface area contributed by atoms with Gasteiger partial charge in [-0.1, -0.05) is 90.5 Å². The van der Waals surface area contributed by atoms with Crippen molar-refractivity contribution in [2.75, 3.05) is 19.6 Å². The molecule has 3 nitrogen and oxygen atoms in total. The molecule has 0 bridgehead atoms. The fraction of sp³-hybridized carbons (Fsp3) is 0.808. The Morgan fingerprint density at radius 1 is 0.759 bits per heavy atom. The predicted molar refractivity (Wildman–Crippen MR) is 127 cm³/mol. The minimum atomic E-state index is -0.708. The van der Waals surface area contributed by atoms with E-state index in [9.17, 15) is 9.90 Å². The van der Waals surface area contributed by atoms with Crippen LogP contribution in [0.5, 0.6) is 0 Å². The van der Waals surface area contributed by atoms with Crippen LogP contribution in [0.1, 0.15) is 105 Å². The van der Waals surface area contributed by atoms with Crippen LogP contribution < -0.4 is 0 Å². The normalized spacial score (nSPS) is 14.2. The molecule has 0 spiro atoms. The fourth-order valence-corrected chi connectivity index (χ4v) is 3.70. The maximum atomic E-state index is 11.4. The average Bonchev–Trinajstić information content (AvgIpc) is 2.70. The number of rotatable bonds is 20. The largest absolute Gasteiger partial charge is 0.480 e. The van der Waals surface area contributed by atoms with Gasteiger partial charge in [0.2, 0.25) is 0 Å². The summed E-state index contributed by atoms with van der Waals surface area (Å²) < 4.78 is 0. The maximum Gasteiger partial charge on any atom is 0.317 e. The van der Waals surface area contributed by atoms with Gasteiger partial charge in [-0.2, -0.15) is 0 Å². The number of hydrogen-bond donors (Lipinski definition) is 1. The van der Waals surface area contributed by atoms with Crippen LogP contribution in [0.4, 0.5) is 0 Å². The molecule has 0 fully saturated rings. The number of unbranched alkanes of at least 4 members (excludes halogenated alkanes) is 6.